The fraction of sp³-hybridized carbons (Fsp3) is 0.640. The van der Waals surface area contributed by atoms with Gasteiger partial charge in [-0.05, 0) is 57.2 Å². The van der Waals surface area contributed by atoms with Gasteiger partial charge >= 0.3 is 0 Å². The minimum atomic E-state index is -3.30. The Kier molecular flexibility index (Phi) is 7.99. The summed E-state index contributed by atoms with van der Waals surface area (Å²) in [6, 6.07) is 7.07. The number of halogens is 1. The zero-order valence-corrected chi connectivity index (χ0v) is 21.8. The van der Waals surface area contributed by atoms with Gasteiger partial charge in [0.25, 0.3) is 0 Å². The second-order valence-electron chi connectivity index (χ2n) is 9.79. The second-order valence-corrected chi connectivity index (χ2v) is 12.4. The van der Waals surface area contributed by atoms with Gasteiger partial charge in [0.2, 0.25) is 5.91 Å². The molecule has 1 aromatic carbocycles. The molecule has 2 aliphatic heterocycles. The first-order chi connectivity index (χ1) is 15.4. The Balaban J connectivity index is 1.95. The lowest BCUT2D eigenvalue weighted by molar-refractivity contribution is -0.160. The SMILES string of the molecule is CCC(/C=C/S(=O)(=O)CC)N1C(=O)[C@@](C)(CC2COC(C)(C)O2)CCC1c1ccc(Cl)cc1. The molecule has 3 rings (SSSR count). The van der Waals surface area contributed by atoms with Gasteiger partial charge in [-0.2, -0.15) is 0 Å². The molecule has 0 N–H and O–H groups in total. The molecule has 0 spiro atoms. The number of rotatable bonds is 8. The third-order valence-electron chi connectivity index (χ3n) is 6.74. The molecule has 1 aromatic rings. The Morgan fingerprint density at radius 1 is 1.21 bits per heavy atom. The van der Waals surface area contributed by atoms with Crippen molar-refractivity contribution in [2.45, 2.75) is 84.3 Å². The summed E-state index contributed by atoms with van der Waals surface area (Å²) in [5.74, 6) is -0.596. The molecule has 2 heterocycles. The molecule has 2 fully saturated rings. The maximum absolute atomic E-state index is 14.1. The van der Waals surface area contributed by atoms with E-state index >= 15 is 0 Å². The third-order valence-corrected chi connectivity index (χ3v) is 8.37. The largest absolute Gasteiger partial charge is 0.348 e. The van der Waals surface area contributed by atoms with Crippen molar-refractivity contribution in [3.05, 3.63) is 46.3 Å². The number of benzene rings is 1. The van der Waals surface area contributed by atoms with Crippen molar-refractivity contribution in [1.29, 1.82) is 0 Å². The molecule has 184 valence electrons. The molecular weight excluding hydrogens is 462 g/mol. The Morgan fingerprint density at radius 2 is 1.88 bits per heavy atom. The van der Waals surface area contributed by atoms with Gasteiger partial charge in [-0.15, -0.1) is 0 Å². The number of nitrogens with zero attached hydrogens (tertiary/aromatic N) is 1. The number of piperidine rings is 1. The summed E-state index contributed by atoms with van der Waals surface area (Å²) in [5, 5.41) is 1.90. The lowest BCUT2D eigenvalue weighted by Crippen LogP contribution is -2.53. The van der Waals surface area contributed by atoms with E-state index in [1.54, 1.807) is 13.0 Å². The van der Waals surface area contributed by atoms with Crippen molar-refractivity contribution in [3.63, 3.8) is 0 Å². The van der Waals surface area contributed by atoms with Crippen LogP contribution in [-0.2, 0) is 24.1 Å². The van der Waals surface area contributed by atoms with Crippen LogP contribution >= 0.6 is 11.6 Å². The van der Waals surface area contributed by atoms with Crippen molar-refractivity contribution in [1.82, 2.24) is 4.90 Å². The van der Waals surface area contributed by atoms with E-state index in [0.717, 1.165) is 12.0 Å². The van der Waals surface area contributed by atoms with Crippen LogP contribution in [0.1, 0.15) is 71.9 Å². The molecule has 6 nitrogen and oxygen atoms in total. The van der Waals surface area contributed by atoms with Crippen LogP contribution in [0.3, 0.4) is 0 Å². The topological polar surface area (TPSA) is 72.9 Å². The number of hydrogen-bond donors (Lipinski definition) is 0. The first kappa shape index (κ1) is 26.2. The van der Waals surface area contributed by atoms with Crippen molar-refractivity contribution in [2.75, 3.05) is 12.4 Å². The molecule has 4 atom stereocenters. The molecule has 2 saturated heterocycles. The molecule has 0 aliphatic carbocycles. The number of likely N-dealkylation sites (tertiary alicyclic amines) is 1. The van der Waals surface area contributed by atoms with Crippen LogP contribution in [0.4, 0.5) is 0 Å². The summed E-state index contributed by atoms with van der Waals surface area (Å²) in [6.45, 7) is 9.81. The van der Waals surface area contributed by atoms with Gasteiger partial charge in [0.15, 0.2) is 15.6 Å². The quantitative estimate of drug-likeness (QED) is 0.488. The highest BCUT2D eigenvalue weighted by Gasteiger charge is 2.48. The highest BCUT2D eigenvalue weighted by atomic mass is 35.5. The fourth-order valence-corrected chi connectivity index (χ4v) is 5.58. The van der Waals surface area contributed by atoms with Crippen molar-refractivity contribution in [3.8, 4) is 0 Å². The van der Waals surface area contributed by atoms with Gasteiger partial charge in [-0.25, -0.2) is 8.42 Å². The van der Waals surface area contributed by atoms with E-state index < -0.39 is 21.0 Å². The summed E-state index contributed by atoms with van der Waals surface area (Å²) >= 11 is 6.10. The fourth-order valence-electron chi connectivity index (χ4n) is 4.84. The van der Waals surface area contributed by atoms with Gasteiger partial charge in [-0.3, -0.25) is 4.79 Å². The maximum atomic E-state index is 14.1. The van der Waals surface area contributed by atoms with E-state index in [0.29, 0.717) is 30.9 Å². The molecule has 0 saturated carbocycles. The Labute approximate surface area is 203 Å². The Bertz CT molecular complexity index is 975. The zero-order valence-electron chi connectivity index (χ0n) is 20.2. The third kappa shape index (κ3) is 6.18. The van der Waals surface area contributed by atoms with Crippen molar-refractivity contribution in [2.24, 2.45) is 5.41 Å². The van der Waals surface area contributed by atoms with Gasteiger partial charge in [0, 0.05) is 15.8 Å². The van der Waals surface area contributed by atoms with Crippen LogP contribution in [0, 0.1) is 5.41 Å². The van der Waals surface area contributed by atoms with E-state index in [1.807, 2.05) is 56.9 Å². The van der Waals surface area contributed by atoms with E-state index in [2.05, 4.69) is 0 Å². The molecule has 3 unspecified atom stereocenters. The smallest absolute Gasteiger partial charge is 0.229 e. The number of amides is 1. The number of hydrogen-bond acceptors (Lipinski definition) is 5. The molecule has 33 heavy (non-hydrogen) atoms. The molecule has 0 bridgehead atoms. The summed E-state index contributed by atoms with van der Waals surface area (Å²) in [7, 11) is -3.30. The number of sulfone groups is 1. The Hall–Kier alpha value is -1.41. The average molecular weight is 498 g/mol. The minimum absolute atomic E-state index is 0.0207. The molecule has 8 heteroatoms. The van der Waals surface area contributed by atoms with Crippen molar-refractivity contribution >= 4 is 27.3 Å². The average Bonchev–Trinajstić information content (AvgIpc) is 3.10. The molecule has 0 aromatic heterocycles. The summed E-state index contributed by atoms with van der Waals surface area (Å²) in [6.07, 6.45) is 4.17. The van der Waals surface area contributed by atoms with Crippen LogP contribution in [-0.4, -0.2) is 49.5 Å². The van der Waals surface area contributed by atoms with E-state index in [4.69, 9.17) is 21.1 Å². The van der Waals surface area contributed by atoms with E-state index in [-0.39, 0.29) is 29.8 Å². The predicted octanol–water partition coefficient (Wildman–Crippen LogP) is 5.28. The van der Waals surface area contributed by atoms with Crippen LogP contribution < -0.4 is 0 Å². The van der Waals surface area contributed by atoms with E-state index in [1.165, 1.54) is 5.41 Å². The van der Waals surface area contributed by atoms with Crippen LogP contribution in [0.5, 0.6) is 0 Å². The lowest BCUT2D eigenvalue weighted by atomic mass is 9.73. The molecular formula is C25H36ClNO5S. The van der Waals surface area contributed by atoms with Gasteiger partial charge < -0.3 is 14.4 Å². The van der Waals surface area contributed by atoms with Crippen LogP contribution in [0.2, 0.25) is 5.02 Å². The highest BCUT2D eigenvalue weighted by molar-refractivity contribution is 7.94. The first-order valence-electron chi connectivity index (χ1n) is 11.7. The number of ether oxygens (including phenoxy) is 2. The second kappa shape index (κ2) is 10.1. The summed E-state index contributed by atoms with van der Waals surface area (Å²) in [4.78, 5) is 15.9. The zero-order chi connectivity index (χ0) is 24.4. The van der Waals surface area contributed by atoms with Crippen LogP contribution in [0.25, 0.3) is 0 Å². The predicted molar refractivity (Wildman–Crippen MR) is 131 cm³/mol. The molecule has 2 aliphatic rings. The highest BCUT2D eigenvalue weighted by Crippen LogP contribution is 2.46. The standard InChI is InChI=1S/C25H36ClNO5S/c1-6-20(13-15-33(29,30)7-2)27-22(18-8-10-19(26)11-9-18)12-14-25(5,23(27)28)16-21-17-31-24(3,4)32-21/h8-11,13,15,20-22H,6-7,12,14,16-17H2,1-5H3/b15-13+/t20?,21?,22?,25-/m1/s1. The van der Waals surface area contributed by atoms with Gasteiger partial charge in [0.05, 0.1) is 30.5 Å². The maximum Gasteiger partial charge on any atom is 0.229 e. The summed E-state index contributed by atoms with van der Waals surface area (Å²) in [5.41, 5.74) is 0.379. The minimum Gasteiger partial charge on any atom is -0.348 e. The lowest BCUT2D eigenvalue weighted by Gasteiger charge is -2.48. The van der Waals surface area contributed by atoms with Crippen LogP contribution in [0.15, 0.2) is 35.7 Å². The van der Waals surface area contributed by atoms with Gasteiger partial charge in [-0.1, -0.05) is 50.6 Å². The Morgan fingerprint density at radius 3 is 2.42 bits per heavy atom. The molecule has 0 radical (unpaired) electrons. The monoisotopic (exact) mass is 497 g/mol. The number of carbonyl (C=O) groups excluding carboxylic acids is 1. The number of carbonyl (C=O) groups is 1. The van der Waals surface area contributed by atoms with Gasteiger partial charge in [0.1, 0.15) is 0 Å². The molecule has 1 amide bonds. The van der Waals surface area contributed by atoms with Crippen molar-refractivity contribution < 1.29 is 22.7 Å². The normalized spacial score (nSPS) is 29.0. The van der Waals surface area contributed by atoms with E-state index in [9.17, 15) is 13.2 Å². The first-order valence-corrected chi connectivity index (χ1v) is 13.8. The summed E-state index contributed by atoms with van der Waals surface area (Å²) < 4.78 is 36.1.